The number of benzene rings is 2. The van der Waals surface area contributed by atoms with E-state index in [2.05, 4.69) is 4.98 Å². The number of carbonyl (C=O) groups excluding carboxylic acids is 1. The number of sulfonamides is 1. The van der Waals surface area contributed by atoms with Gasteiger partial charge in [0.1, 0.15) is 11.3 Å². The van der Waals surface area contributed by atoms with E-state index in [1.54, 1.807) is 61.8 Å². The van der Waals surface area contributed by atoms with E-state index < -0.39 is 10.0 Å². The average molecular weight is 585 g/mol. The molecule has 0 N–H and O–H groups in total. The van der Waals surface area contributed by atoms with Gasteiger partial charge in [0.05, 0.1) is 28.3 Å². The Morgan fingerprint density at radius 2 is 1.85 bits per heavy atom. The van der Waals surface area contributed by atoms with Gasteiger partial charge in [0.2, 0.25) is 10.0 Å². The summed E-state index contributed by atoms with van der Waals surface area (Å²) in [5.74, 6) is 0.236. The summed E-state index contributed by atoms with van der Waals surface area (Å²) in [5.41, 5.74) is 1.73. The van der Waals surface area contributed by atoms with Crippen LogP contribution in [-0.4, -0.2) is 48.8 Å². The summed E-state index contributed by atoms with van der Waals surface area (Å²) < 4.78 is 34.2. The molecule has 1 saturated carbocycles. The van der Waals surface area contributed by atoms with E-state index in [0.29, 0.717) is 31.7 Å². The molecular weight excluding hydrogens is 556 g/mol. The molecule has 11 heteroatoms. The first-order valence-corrected chi connectivity index (χ1v) is 15.3. The standard InChI is InChI=1S/C28H29ClN4O4S2/c1-32(21-8-4-3-5-9-21)39(35,36)22-12-10-20(11-13-22)27(34)33(18-19-7-6-16-30-17-19)28-31-25-24(37-2)15-14-23(29)26(25)38-28/h6-7,10-17,21H,3-5,8-9,18H2,1-2H3. The maximum absolute atomic E-state index is 13.9. The maximum atomic E-state index is 13.9. The van der Waals surface area contributed by atoms with Gasteiger partial charge in [0, 0.05) is 31.0 Å². The van der Waals surface area contributed by atoms with Crippen molar-refractivity contribution in [2.45, 2.75) is 49.6 Å². The van der Waals surface area contributed by atoms with Gasteiger partial charge < -0.3 is 4.74 Å². The number of ether oxygens (including phenoxy) is 1. The highest BCUT2D eigenvalue weighted by atomic mass is 35.5. The number of halogens is 1. The third-order valence-corrected chi connectivity index (χ3v) is 10.5. The van der Waals surface area contributed by atoms with Crippen LogP contribution < -0.4 is 9.64 Å². The summed E-state index contributed by atoms with van der Waals surface area (Å²) in [6.45, 7) is 0.219. The first kappa shape index (κ1) is 27.5. The molecule has 2 aromatic heterocycles. The smallest absolute Gasteiger partial charge is 0.260 e. The summed E-state index contributed by atoms with van der Waals surface area (Å²) in [7, 11) is -0.468. The van der Waals surface area contributed by atoms with Crippen LogP contribution in [0.3, 0.4) is 0 Å². The largest absolute Gasteiger partial charge is 0.494 e. The highest BCUT2D eigenvalue weighted by molar-refractivity contribution is 7.89. The Morgan fingerprint density at radius 3 is 2.51 bits per heavy atom. The van der Waals surface area contributed by atoms with Crippen LogP contribution >= 0.6 is 22.9 Å². The first-order valence-electron chi connectivity index (χ1n) is 12.7. The lowest BCUT2D eigenvalue weighted by Gasteiger charge is -2.30. The number of pyridine rings is 1. The molecule has 0 spiro atoms. The SMILES string of the molecule is COc1ccc(Cl)c2sc(N(Cc3cccnc3)C(=O)c3ccc(S(=O)(=O)N(C)C4CCCCC4)cc3)nc12. The number of carbonyl (C=O) groups is 1. The second kappa shape index (κ2) is 11.6. The third-order valence-electron chi connectivity index (χ3n) is 7.07. The number of hydrogen-bond donors (Lipinski definition) is 0. The molecule has 1 amide bonds. The topological polar surface area (TPSA) is 92.7 Å². The van der Waals surface area contributed by atoms with E-state index in [0.717, 1.165) is 37.7 Å². The zero-order valence-corrected chi connectivity index (χ0v) is 24.1. The summed E-state index contributed by atoms with van der Waals surface area (Å²) in [6, 6.07) is 13.3. The van der Waals surface area contributed by atoms with Crippen molar-refractivity contribution in [2.75, 3.05) is 19.1 Å². The molecule has 0 radical (unpaired) electrons. The fourth-order valence-corrected chi connectivity index (χ4v) is 7.52. The average Bonchev–Trinajstić information content (AvgIpc) is 3.43. The Hall–Kier alpha value is -3.05. The fraction of sp³-hybridized carbons (Fsp3) is 0.321. The highest BCUT2D eigenvalue weighted by Gasteiger charge is 2.30. The molecule has 5 rings (SSSR count). The van der Waals surface area contributed by atoms with Crippen molar-refractivity contribution >= 4 is 54.2 Å². The summed E-state index contributed by atoms with van der Waals surface area (Å²) >= 11 is 7.73. The zero-order chi connectivity index (χ0) is 27.6. The predicted octanol–water partition coefficient (Wildman–Crippen LogP) is 6.15. The van der Waals surface area contributed by atoms with Crippen LogP contribution in [0.5, 0.6) is 5.75 Å². The minimum absolute atomic E-state index is 0.00267. The number of fused-ring (bicyclic) bond motifs is 1. The molecular formula is C28H29ClN4O4S2. The minimum Gasteiger partial charge on any atom is -0.494 e. The van der Waals surface area contributed by atoms with Gasteiger partial charge in [-0.2, -0.15) is 4.31 Å². The quantitative estimate of drug-likeness (QED) is 0.246. The van der Waals surface area contributed by atoms with Crippen molar-refractivity contribution in [2.24, 2.45) is 0 Å². The van der Waals surface area contributed by atoms with Gasteiger partial charge in [-0.1, -0.05) is 48.3 Å². The number of nitrogens with zero attached hydrogens (tertiary/aromatic N) is 4. The fourth-order valence-electron chi connectivity index (χ4n) is 4.85. The number of methoxy groups -OCH3 is 1. The molecule has 2 heterocycles. The molecule has 0 bridgehead atoms. The number of amides is 1. The van der Waals surface area contributed by atoms with Crippen LogP contribution in [0, 0.1) is 0 Å². The van der Waals surface area contributed by atoms with Gasteiger partial charge in [0.15, 0.2) is 5.13 Å². The van der Waals surface area contributed by atoms with Gasteiger partial charge in [-0.05, 0) is 60.9 Å². The molecule has 1 aliphatic rings. The lowest BCUT2D eigenvalue weighted by molar-refractivity contribution is 0.0985. The maximum Gasteiger partial charge on any atom is 0.260 e. The van der Waals surface area contributed by atoms with E-state index in [1.807, 2.05) is 6.07 Å². The summed E-state index contributed by atoms with van der Waals surface area (Å²) in [6.07, 6.45) is 8.31. The van der Waals surface area contributed by atoms with E-state index in [4.69, 9.17) is 21.3 Å². The summed E-state index contributed by atoms with van der Waals surface area (Å²) in [5, 5.41) is 0.957. The van der Waals surface area contributed by atoms with Crippen LogP contribution in [0.25, 0.3) is 10.2 Å². The van der Waals surface area contributed by atoms with Gasteiger partial charge in [-0.15, -0.1) is 0 Å². The molecule has 0 unspecified atom stereocenters. The zero-order valence-electron chi connectivity index (χ0n) is 21.7. The van der Waals surface area contributed by atoms with Crippen molar-refractivity contribution in [3.05, 3.63) is 77.1 Å². The lowest BCUT2D eigenvalue weighted by atomic mass is 9.96. The number of rotatable bonds is 8. The lowest BCUT2D eigenvalue weighted by Crippen LogP contribution is -2.38. The van der Waals surface area contributed by atoms with Crippen LogP contribution in [0.2, 0.25) is 5.02 Å². The van der Waals surface area contributed by atoms with E-state index in [9.17, 15) is 13.2 Å². The molecule has 0 aliphatic heterocycles. The molecule has 8 nitrogen and oxygen atoms in total. The molecule has 0 atom stereocenters. The van der Waals surface area contributed by atoms with E-state index >= 15 is 0 Å². The molecule has 2 aromatic carbocycles. The second-order valence-electron chi connectivity index (χ2n) is 9.51. The van der Waals surface area contributed by atoms with Gasteiger partial charge in [-0.3, -0.25) is 14.7 Å². The van der Waals surface area contributed by atoms with Crippen molar-refractivity contribution in [1.82, 2.24) is 14.3 Å². The van der Waals surface area contributed by atoms with Gasteiger partial charge >= 0.3 is 0 Å². The van der Waals surface area contributed by atoms with Crippen molar-refractivity contribution in [1.29, 1.82) is 0 Å². The van der Waals surface area contributed by atoms with Gasteiger partial charge in [-0.25, -0.2) is 13.4 Å². The van der Waals surface area contributed by atoms with E-state index in [1.165, 1.54) is 27.8 Å². The van der Waals surface area contributed by atoms with Crippen LogP contribution in [-0.2, 0) is 16.6 Å². The Kier molecular flexibility index (Phi) is 8.18. The molecule has 1 aliphatic carbocycles. The summed E-state index contributed by atoms with van der Waals surface area (Å²) in [4.78, 5) is 24.5. The van der Waals surface area contributed by atoms with Crippen LogP contribution in [0.1, 0.15) is 48.0 Å². The molecule has 0 saturated heterocycles. The van der Waals surface area contributed by atoms with Crippen LogP contribution in [0.4, 0.5) is 5.13 Å². The predicted molar refractivity (Wildman–Crippen MR) is 154 cm³/mol. The van der Waals surface area contributed by atoms with Crippen LogP contribution in [0.15, 0.2) is 65.8 Å². The number of thiazole rings is 1. The van der Waals surface area contributed by atoms with Gasteiger partial charge in [0.25, 0.3) is 5.91 Å². The third kappa shape index (κ3) is 5.65. The van der Waals surface area contributed by atoms with Crippen molar-refractivity contribution in [3.8, 4) is 5.75 Å². The number of anilines is 1. The molecule has 1 fully saturated rings. The number of hydrogen-bond acceptors (Lipinski definition) is 7. The monoisotopic (exact) mass is 584 g/mol. The molecule has 39 heavy (non-hydrogen) atoms. The normalized spacial score (nSPS) is 14.6. The highest BCUT2D eigenvalue weighted by Crippen LogP contribution is 2.39. The van der Waals surface area contributed by atoms with E-state index in [-0.39, 0.29) is 23.4 Å². The Balaban J connectivity index is 1.48. The Morgan fingerprint density at radius 1 is 1.10 bits per heavy atom. The van der Waals surface area contributed by atoms with Crippen molar-refractivity contribution < 1.29 is 17.9 Å². The van der Waals surface area contributed by atoms with Crippen molar-refractivity contribution in [3.63, 3.8) is 0 Å². The molecule has 4 aromatic rings. The second-order valence-corrected chi connectivity index (χ2v) is 12.9. The first-order chi connectivity index (χ1) is 18.8. The minimum atomic E-state index is -3.67. The molecule has 204 valence electrons. The Labute approximate surface area is 237 Å². The number of aromatic nitrogens is 2. The Bertz CT molecular complexity index is 1570.